The van der Waals surface area contributed by atoms with Crippen molar-refractivity contribution in [3.63, 3.8) is 0 Å². The van der Waals surface area contributed by atoms with Crippen LogP contribution in [0.25, 0.3) is 5.57 Å². The maximum absolute atomic E-state index is 14.0. The van der Waals surface area contributed by atoms with Crippen LogP contribution in [-0.2, 0) is 4.74 Å². The number of carbonyl (C=O) groups is 1. The van der Waals surface area contributed by atoms with E-state index in [9.17, 15) is 9.18 Å². The van der Waals surface area contributed by atoms with Gasteiger partial charge in [-0.15, -0.1) is 0 Å². The molecule has 0 unspecified atom stereocenters. The molecule has 0 amide bonds. The quantitative estimate of drug-likeness (QED) is 0.256. The van der Waals surface area contributed by atoms with Crippen LogP contribution < -0.4 is 9.64 Å². The predicted molar refractivity (Wildman–Crippen MR) is 164 cm³/mol. The molecule has 5 nitrogen and oxygen atoms in total. The van der Waals surface area contributed by atoms with Gasteiger partial charge in [0.05, 0.1) is 7.11 Å². The van der Waals surface area contributed by atoms with Crippen molar-refractivity contribution in [2.45, 2.75) is 33.1 Å². The van der Waals surface area contributed by atoms with Crippen molar-refractivity contribution in [1.29, 1.82) is 0 Å². The number of halogens is 3. The summed E-state index contributed by atoms with van der Waals surface area (Å²) in [4.78, 5) is 17.2. The van der Waals surface area contributed by atoms with Gasteiger partial charge in [-0.2, -0.15) is 0 Å². The van der Waals surface area contributed by atoms with Crippen LogP contribution in [0.2, 0.25) is 10.0 Å². The number of piperazine rings is 1. The predicted octanol–water partition coefficient (Wildman–Crippen LogP) is 8.50. The Hall–Kier alpha value is -3.06. The first-order chi connectivity index (χ1) is 19.6. The number of rotatable bonds is 7. The van der Waals surface area contributed by atoms with E-state index >= 15 is 0 Å². The molecule has 216 valence electrons. The van der Waals surface area contributed by atoms with E-state index in [1.54, 1.807) is 18.2 Å². The van der Waals surface area contributed by atoms with Crippen molar-refractivity contribution in [1.82, 2.24) is 4.90 Å². The maximum Gasteiger partial charge on any atom is 0.341 e. The molecule has 1 saturated heterocycles. The molecule has 0 radical (unpaired) electrons. The van der Waals surface area contributed by atoms with Gasteiger partial charge in [0.1, 0.15) is 27.9 Å². The number of benzene rings is 3. The summed E-state index contributed by atoms with van der Waals surface area (Å²) in [6.45, 7) is 9.13. The highest BCUT2D eigenvalue weighted by atomic mass is 35.5. The van der Waals surface area contributed by atoms with Crippen molar-refractivity contribution in [3.8, 4) is 11.5 Å². The van der Waals surface area contributed by atoms with Gasteiger partial charge >= 0.3 is 5.97 Å². The largest absolute Gasteiger partial charge is 0.465 e. The van der Waals surface area contributed by atoms with E-state index in [0.717, 1.165) is 56.3 Å². The van der Waals surface area contributed by atoms with Crippen LogP contribution in [0.1, 0.15) is 49.0 Å². The minimum absolute atomic E-state index is 0.138. The SMILES string of the molecule is COC(=O)c1ccc(N2CCN(CC3=C(c4ccc(Cl)cc4)CC(C)(C)CC3)CC2)cc1Oc1cccc(F)c1Cl. The summed E-state index contributed by atoms with van der Waals surface area (Å²) in [5.74, 6) is -0.720. The summed E-state index contributed by atoms with van der Waals surface area (Å²) < 4.78 is 24.9. The highest BCUT2D eigenvalue weighted by Crippen LogP contribution is 2.43. The standard InChI is InChI=1S/C33H35Cl2FN2O3/c1-33(2)14-13-23(27(20-33)22-7-9-24(34)10-8-22)21-37-15-17-38(18-16-37)25-11-12-26(32(39)40-3)30(19-25)41-29-6-4-5-28(36)31(29)35/h4-12,19H,13-18,20-21H2,1-3H3. The molecule has 1 aliphatic carbocycles. The van der Waals surface area contributed by atoms with Gasteiger partial charge in [0, 0.05) is 49.5 Å². The van der Waals surface area contributed by atoms with E-state index < -0.39 is 11.8 Å². The lowest BCUT2D eigenvalue weighted by molar-refractivity contribution is 0.0598. The average molecular weight is 598 g/mol. The molecule has 3 aromatic carbocycles. The second-order valence-corrected chi connectivity index (χ2v) is 12.3. The van der Waals surface area contributed by atoms with Gasteiger partial charge in [-0.1, -0.05) is 60.8 Å². The molecule has 0 bridgehead atoms. The Labute approximate surface area is 251 Å². The lowest BCUT2D eigenvalue weighted by Gasteiger charge is -2.39. The Kier molecular flexibility index (Phi) is 8.93. The molecule has 5 rings (SSSR count). The molecule has 1 fully saturated rings. The smallest absolute Gasteiger partial charge is 0.341 e. The van der Waals surface area contributed by atoms with E-state index in [1.165, 1.54) is 42.4 Å². The summed E-state index contributed by atoms with van der Waals surface area (Å²) in [6.07, 6.45) is 3.35. The molecule has 41 heavy (non-hydrogen) atoms. The fourth-order valence-corrected chi connectivity index (χ4v) is 5.94. The third kappa shape index (κ3) is 6.88. The summed E-state index contributed by atoms with van der Waals surface area (Å²) in [7, 11) is 1.31. The third-order valence-corrected chi connectivity index (χ3v) is 8.66. The van der Waals surface area contributed by atoms with E-state index in [2.05, 4.69) is 35.8 Å². The molecule has 0 saturated carbocycles. The highest BCUT2D eigenvalue weighted by Gasteiger charge is 2.29. The maximum atomic E-state index is 14.0. The topological polar surface area (TPSA) is 42.0 Å². The van der Waals surface area contributed by atoms with Crippen molar-refractivity contribution in [3.05, 3.63) is 93.2 Å². The summed E-state index contributed by atoms with van der Waals surface area (Å²) in [5.41, 5.74) is 5.69. The second kappa shape index (κ2) is 12.4. The molecular formula is C33H35Cl2FN2O3. The fraction of sp³-hybridized carbons (Fsp3) is 0.364. The van der Waals surface area contributed by atoms with Crippen LogP contribution in [0.15, 0.2) is 66.2 Å². The van der Waals surface area contributed by atoms with Crippen molar-refractivity contribution in [2.24, 2.45) is 5.41 Å². The van der Waals surface area contributed by atoms with Gasteiger partial charge in [-0.25, -0.2) is 9.18 Å². The second-order valence-electron chi connectivity index (χ2n) is 11.5. The molecule has 2 aliphatic rings. The van der Waals surface area contributed by atoms with E-state index in [-0.39, 0.29) is 27.5 Å². The summed E-state index contributed by atoms with van der Waals surface area (Å²) in [5, 5.41) is 0.620. The van der Waals surface area contributed by atoms with Crippen LogP contribution >= 0.6 is 23.2 Å². The summed E-state index contributed by atoms with van der Waals surface area (Å²) >= 11 is 12.3. The van der Waals surface area contributed by atoms with Gasteiger partial charge in [0.25, 0.3) is 0 Å². The Morgan fingerprint density at radius 3 is 2.41 bits per heavy atom. The molecule has 1 heterocycles. The number of anilines is 1. The van der Waals surface area contributed by atoms with Gasteiger partial charge < -0.3 is 14.4 Å². The zero-order valence-electron chi connectivity index (χ0n) is 23.7. The highest BCUT2D eigenvalue weighted by molar-refractivity contribution is 6.32. The number of methoxy groups -OCH3 is 1. The van der Waals surface area contributed by atoms with E-state index in [1.807, 2.05) is 18.2 Å². The first-order valence-corrected chi connectivity index (χ1v) is 14.7. The molecule has 3 aromatic rings. The Bertz CT molecular complexity index is 1450. The molecule has 0 N–H and O–H groups in total. The van der Waals surface area contributed by atoms with Crippen molar-refractivity contribution >= 4 is 40.4 Å². The molecule has 1 aliphatic heterocycles. The Morgan fingerprint density at radius 2 is 1.71 bits per heavy atom. The van der Waals surface area contributed by atoms with Crippen LogP contribution in [0.5, 0.6) is 11.5 Å². The number of esters is 1. The molecule has 0 spiro atoms. The number of allylic oxidation sites excluding steroid dienone is 1. The third-order valence-electron chi connectivity index (χ3n) is 8.04. The zero-order valence-corrected chi connectivity index (χ0v) is 25.2. The minimum Gasteiger partial charge on any atom is -0.465 e. The van der Waals surface area contributed by atoms with Gasteiger partial charge in [0.2, 0.25) is 0 Å². The lowest BCUT2D eigenvalue weighted by atomic mass is 9.72. The monoisotopic (exact) mass is 596 g/mol. The van der Waals surface area contributed by atoms with Crippen LogP contribution in [0.4, 0.5) is 10.1 Å². The molecule has 8 heteroatoms. The van der Waals surface area contributed by atoms with E-state index in [4.69, 9.17) is 32.7 Å². The first-order valence-electron chi connectivity index (χ1n) is 13.9. The lowest BCUT2D eigenvalue weighted by Crippen LogP contribution is -2.47. The number of hydrogen-bond donors (Lipinski definition) is 0. The Morgan fingerprint density at radius 1 is 0.976 bits per heavy atom. The van der Waals surface area contributed by atoms with Crippen LogP contribution in [0, 0.1) is 11.2 Å². The van der Waals surface area contributed by atoms with Crippen molar-refractivity contribution < 1.29 is 18.7 Å². The van der Waals surface area contributed by atoms with Crippen LogP contribution in [0.3, 0.4) is 0 Å². The van der Waals surface area contributed by atoms with Crippen molar-refractivity contribution in [2.75, 3.05) is 44.7 Å². The number of nitrogens with zero attached hydrogens (tertiary/aromatic N) is 2. The van der Waals surface area contributed by atoms with Gasteiger partial charge in [-0.3, -0.25) is 4.90 Å². The fourth-order valence-electron chi connectivity index (χ4n) is 5.65. The summed E-state index contributed by atoms with van der Waals surface area (Å²) in [6, 6.07) is 18.0. The van der Waals surface area contributed by atoms with Gasteiger partial charge in [-0.05, 0) is 72.2 Å². The number of ether oxygens (including phenoxy) is 2. The van der Waals surface area contributed by atoms with Gasteiger partial charge in [0.15, 0.2) is 0 Å². The van der Waals surface area contributed by atoms with Crippen LogP contribution in [-0.4, -0.2) is 50.7 Å². The number of hydrogen-bond acceptors (Lipinski definition) is 5. The minimum atomic E-state index is -0.591. The molecule has 0 atom stereocenters. The first kappa shape index (κ1) is 29.4. The Balaban J connectivity index is 1.32. The normalized spacial score (nSPS) is 17.5. The average Bonchev–Trinajstić information content (AvgIpc) is 2.97. The molecular weight excluding hydrogens is 562 g/mol. The van der Waals surface area contributed by atoms with E-state index in [0.29, 0.717) is 0 Å². The number of carbonyl (C=O) groups excluding carboxylic acids is 1. The molecule has 0 aromatic heterocycles. The zero-order chi connectivity index (χ0) is 29.1.